The van der Waals surface area contributed by atoms with E-state index in [-0.39, 0.29) is 22.4 Å². The average molecular weight is 390 g/mol. The number of thioether (sulfide) groups is 1. The number of rotatable bonds is 5. The van der Waals surface area contributed by atoms with Crippen LogP contribution in [0, 0.1) is 0 Å². The fraction of sp³-hybridized carbons (Fsp3) is 0.158. The third kappa shape index (κ3) is 3.86. The van der Waals surface area contributed by atoms with Crippen molar-refractivity contribution < 1.29 is 19.4 Å². The van der Waals surface area contributed by atoms with Gasteiger partial charge in [-0.3, -0.25) is 14.5 Å². The van der Waals surface area contributed by atoms with E-state index in [9.17, 15) is 14.7 Å². The Balaban J connectivity index is 1.86. The molecule has 7 heteroatoms. The molecule has 0 spiro atoms. The highest BCUT2D eigenvalue weighted by atomic mass is 35.5. The lowest BCUT2D eigenvalue weighted by atomic mass is 10.1. The van der Waals surface area contributed by atoms with Gasteiger partial charge >= 0.3 is 0 Å². The SMILES string of the molecule is CCOc1ccc(O)c(/C=C2\SC(=O)N(Cc3ccccc3Cl)C2=O)c1. The molecule has 0 bridgehead atoms. The van der Waals surface area contributed by atoms with Crippen molar-refractivity contribution in [2.45, 2.75) is 13.5 Å². The van der Waals surface area contributed by atoms with Crippen LogP contribution in [0.5, 0.6) is 11.5 Å². The fourth-order valence-corrected chi connectivity index (χ4v) is 3.50. The lowest BCUT2D eigenvalue weighted by molar-refractivity contribution is -0.123. The number of imide groups is 1. The van der Waals surface area contributed by atoms with E-state index in [1.165, 1.54) is 12.1 Å². The van der Waals surface area contributed by atoms with Crippen molar-refractivity contribution in [3.05, 3.63) is 63.5 Å². The molecule has 0 aromatic heterocycles. The zero-order chi connectivity index (χ0) is 18.7. The van der Waals surface area contributed by atoms with E-state index in [2.05, 4.69) is 0 Å². The van der Waals surface area contributed by atoms with Gasteiger partial charge in [-0.05, 0) is 54.6 Å². The molecule has 0 atom stereocenters. The molecular formula is C19H16ClNO4S. The highest BCUT2D eigenvalue weighted by Gasteiger charge is 2.35. The Labute approximate surface area is 160 Å². The van der Waals surface area contributed by atoms with E-state index >= 15 is 0 Å². The van der Waals surface area contributed by atoms with E-state index in [4.69, 9.17) is 16.3 Å². The van der Waals surface area contributed by atoms with Gasteiger partial charge in [0.2, 0.25) is 0 Å². The molecule has 2 amide bonds. The van der Waals surface area contributed by atoms with Crippen molar-refractivity contribution in [3.63, 3.8) is 0 Å². The summed E-state index contributed by atoms with van der Waals surface area (Å²) < 4.78 is 5.40. The second kappa shape index (κ2) is 7.85. The molecule has 26 heavy (non-hydrogen) atoms. The van der Waals surface area contributed by atoms with Gasteiger partial charge in [-0.25, -0.2) is 0 Å². The molecule has 5 nitrogen and oxygen atoms in total. The monoisotopic (exact) mass is 389 g/mol. The number of benzene rings is 2. The van der Waals surface area contributed by atoms with Crippen molar-refractivity contribution in [3.8, 4) is 11.5 Å². The molecule has 134 valence electrons. The normalized spacial score (nSPS) is 15.8. The minimum atomic E-state index is -0.416. The topological polar surface area (TPSA) is 66.8 Å². The number of halogens is 1. The summed E-state index contributed by atoms with van der Waals surface area (Å²) in [6, 6.07) is 11.8. The number of nitrogens with zero attached hydrogens (tertiary/aromatic N) is 1. The van der Waals surface area contributed by atoms with Gasteiger partial charge in [-0.2, -0.15) is 0 Å². The standard InChI is InChI=1S/C19H16ClNO4S/c1-2-25-14-7-8-16(22)13(9-14)10-17-18(23)21(19(24)26-17)11-12-5-3-4-6-15(12)20/h3-10,22H,2,11H2,1H3/b17-10-. The van der Waals surface area contributed by atoms with Gasteiger partial charge in [0.15, 0.2) is 0 Å². The molecule has 0 unspecified atom stereocenters. The van der Waals surface area contributed by atoms with Gasteiger partial charge < -0.3 is 9.84 Å². The summed E-state index contributed by atoms with van der Waals surface area (Å²) in [6.07, 6.45) is 1.50. The second-order valence-corrected chi connectivity index (χ2v) is 6.91. The van der Waals surface area contributed by atoms with Crippen LogP contribution >= 0.6 is 23.4 Å². The van der Waals surface area contributed by atoms with E-state index < -0.39 is 5.91 Å². The molecular weight excluding hydrogens is 374 g/mol. The van der Waals surface area contributed by atoms with Crippen LogP contribution in [0.25, 0.3) is 6.08 Å². The first-order valence-electron chi connectivity index (χ1n) is 7.94. The lowest BCUT2D eigenvalue weighted by Crippen LogP contribution is -2.27. The molecule has 1 aliphatic heterocycles. The minimum Gasteiger partial charge on any atom is -0.507 e. The van der Waals surface area contributed by atoms with Crippen molar-refractivity contribution in [2.75, 3.05) is 6.61 Å². The Morgan fingerprint density at radius 1 is 1.23 bits per heavy atom. The summed E-state index contributed by atoms with van der Waals surface area (Å²) in [6.45, 7) is 2.44. The first-order chi connectivity index (χ1) is 12.5. The minimum absolute atomic E-state index is 0.00589. The fourth-order valence-electron chi connectivity index (χ4n) is 2.48. The van der Waals surface area contributed by atoms with Gasteiger partial charge in [0.1, 0.15) is 11.5 Å². The number of carbonyl (C=O) groups is 2. The molecule has 2 aromatic carbocycles. The second-order valence-electron chi connectivity index (χ2n) is 5.51. The maximum Gasteiger partial charge on any atom is 0.293 e. The number of amides is 2. The number of carbonyl (C=O) groups excluding carboxylic acids is 2. The summed E-state index contributed by atoms with van der Waals surface area (Å²) >= 11 is 6.95. The van der Waals surface area contributed by atoms with Crippen LogP contribution in [0.3, 0.4) is 0 Å². The summed E-state index contributed by atoms with van der Waals surface area (Å²) in [7, 11) is 0. The van der Waals surface area contributed by atoms with Gasteiger partial charge in [0, 0.05) is 10.6 Å². The summed E-state index contributed by atoms with van der Waals surface area (Å²) in [5.74, 6) is 0.166. The number of aromatic hydroxyl groups is 1. The van der Waals surface area contributed by atoms with Crippen molar-refractivity contribution in [2.24, 2.45) is 0 Å². The molecule has 3 rings (SSSR count). The van der Waals surface area contributed by atoms with Gasteiger partial charge in [-0.1, -0.05) is 29.8 Å². The first-order valence-corrected chi connectivity index (χ1v) is 9.13. The maximum atomic E-state index is 12.6. The molecule has 0 saturated carbocycles. The Hall–Kier alpha value is -2.44. The summed E-state index contributed by atoms with van der Waals surface area (Å²) in [4.78, 5) is 26.3. The summed E-state index contributed by atoms with van der Waals surface area (Å²) in [5, 5.41) is 10.1. The zero-order valence-electron chi connectivity index (χ0n) is 13.9. The number of hydrogen-bond donors (Lipinski definition) is 1. The van der Waals surface area contributed by atoms with E-state index in [0.29, 0.717) is 28.5 Å². The lowest BCUT2D eigenvalue weighted by Gasteiger charge is -2.13. The summed E-state index contributed by atoms with van der Waals surface area (Å²) in [5.41, 5.74) is 1.11. The van der Waals surface area contributed by atoms with Crippen LogP contribution in [0.2, 0.25) is 5.02 Å². The Morgan fingerprint density at radius 3 is 2.73 bits per heavy atom. The van der Waals surface area contributed by atoms with E-state index in [1.54, 1.807) is 36.4 Å². The molecule has 1 heterocycles. The van der Waals surface area contributed by atoms with Crippen LogP contribution in [0.1, 0.15) is 18.1 Å². The number of hydrogen-bond acceptors (Lipinski definition) is 5. The largest absolute Gasteiger partial charge is 0.507 e. The van der Waals surface area contributed by atoms with Crippen LogP contribution in [0.4, 0.5) is 4.79 Å². The molecule has 0 aliphatic carbocycles. The van der Waals surface area contributed by atoms with Gasteiger partial charge in [0.25, 0.3) is 11.1 Å². The predicted octanol–water partition coefficient (Wildman–Crippen LogP) is 4.68. The number of ether oxygens (including phenoxy) is 1. The van der Waals surface area contributed by atoms with Gasteiger partial charge in [0.05, 0.1) is 18.1 Å². The Bertz CT molecular complexity index is 897. The van der Waals surface area contributed by atoms with Crippen molar-refractivity contribution >= 4 is 40.6 Å². The Morgan fingerprint density at radius 2 is 2.00 bits per heavy atom. The molecule has 1 aliphatic rings. The van der Waals surface area contributed by atoms with E-state index in [1.807, 2.05) is 6.92 Å². The van der Waals surface area contributed by atoms with Gasteiger partial charge in [-0.15, -0.1) is 0 Å². The quantitative estimate of drug-likeness (QED) is 0.752. The Kier molecular flexibility index (Phi) is 5.54. The highest BCUT2D eigenvalue weighted by Crippen LogP contribution is 2.36. The first kappa shape index (κ1) is 18.4. The molecule has 1 N–H and O–H groups in total. The maximum absolute atomic E-state index is 12.6. The van der Waals surface area contributed by atoms with E-state index in [0.717, 1.165) is 16.7 Å². The predicted molar refractivity (Wildman–Crippen MR) is 102 cm³/mol. The number of phenols is 1. The smallest absolute Gasteiger partial charge is 0.293 e. The highest BCUT2D eigenvalue weighted by molar-refractivity contribution is 8.18. The van der Waals surface area contributed by atoms with Crippen LogP contribution in [-0.4, -0.2) is 27.8 Å². The average Bonchev–Trinajstić information content (AvgIpc) is 2.87. The van der Waals surface area contributed by atoms with Crippen molar-refractivity contribution in [1.29, 1.82) is 0 Å². The van der Waals surface area contributed by atoms with Crippen LogP contribution in [0.15, 0.2) is 47.4 Å². The number of phenolic OH excluding ortho intramolecular Hbond substituents is 1. The zero-order valence-corrected chi connectivity index (χ0v) is 15.5. The van der Waals surface area contributed by atoms with Crippen molar-refractivity contribution in [1.82, 2.24) is 4.90 Å². The molecule has 2 aromatic rings. The van der Waals surface area contributed by atoms with Crippen LogP contribution in [-0.2, 0) is 11.3 Å². The molecule has 1 saturated heterocycles. The molecule has 1 fully saturated rings. The third-order valence-corrected chi connectivity index (χ3v) is 5.03. The third-order valence-electron chi connectivity index (χ3n) is 3.76. The van der Waals surface area contributed by atoms with Crippen LogP contribution < -0.4 is 4.74 Å². The molecule has 0 radical (unpaired) electrons.